The summed E-state index contributed by atoms with van der Waals surface area (Å²) in [5.74, 6) is 0.810. The number of nitriles is 2. The fraction of sp³-hybridized carbons (Fsp3) is 0.263. The molecule has 0 saturated carbocycles. The fourth-order valence-electron chi connectivity index (χ4n) is 2.75. The minimum atomic E-state index is -0.0224. The van der Waals surface area contributed by atoms with Gasteiger partial charge in [-0.3, -0.25) is 0 Å². The van der Waals surface area contributed by atoms with Gasteiger partial charge in [0.2, 0.25) is 0 Å². The predicted octanol–water partition coefficient (Wildman–Crippen LogP) is 4.27. The van der Waals surface area contributed by atoms with Crippen LogP contribution in [0.4, 0.5) is 0 Å². The van der Waals surface area contributed by atoms with E-state index in [0.717, 1.165) is 16.9 Å². The molecule has 0 aliphatic rings. The lowest BCUT2D eigenvalue weighted by molar-refractivity contribution is 0.414. The van der Waals surface area contributed by atoms with Gasteiger partial charge in [-0.25, -0.2) is 0 Å². The third-order valence-corrected chi connectivity index (χ3v) is 3.81. The summed E-state index contributed by atoms with van der Waals surface area (Å²) in [6.07, 6.45) is 0.721. The zero-order chi connectivity index (χ0) is 15.8. The SMILES string of the molecule is COc1ccc(C(c2ccccc2)C(CC#N)CC#N)cc1. The Morgan fingerprint density at radius 1 is 0.864 bits per heavy atom. The smallest absolute Gasteiger partial charge is 0.118 e. The summed E-state index contributed by atoms with van der Waals surface area (Å²) in [6.45, 7) is 0. The maximum Gasteiger partial charge on any atom is 0.118 e. The highest BCUT2D eigenvalue weighted by molar-refractivity contribution is 5.37. The van der Waals surface area contributed by atoms with Crippen LogP contribution in [0, 0.1) is 28.6 Å². The van der Waals surface area contributed by atoms with Gasteiger partial charge in [-0.1, -0.05) is 42.5 Å². The second-order valence-electron chi connectivity index (χ2n) is 5.15. The van der Waals surface area contributed by atoms with Crippen LogP contribution in [0.25, 0.3) is 0 Å². The highest BCUT2D eigenvalue weighted by Gasteiger charge is 2.24. The Bertz CT molecular complexity index is 649. The molecule has 3 heteroatoms. The van der Waals surface area contributed by atoms with E-state index in [2.05, 4.69) is 24.3 Å². The Morgan fingerprint density at radius 3 is 1.91 bits per heavy atom. The molecule has 22 heavy (non-hydrogen) atoms. The van der Waals surface area contributed by atoms with Crippen LogP contribution >= 0.6 is 0 Å². The van der Waals surface area contributed by atoms with Crippen LogP contribution in [-0.4, -0.2) is 7.11 Å². The molecule has 0 aliphatic carbocycles. The molecular weight excluding hydrogens is 272 g/mol. The summed E-state index contributed by atoms with van der Waals surface area (Å²) < 4.78 is 5.21. The zero-order valence-electron chi connectivity index (χ0n) is 12.6. The molecule has 110 valence electrons. The molecule has 0 fully saturated rings. The van der Waals surface area contributed by atoms with Crippen molar-refractivity contribution in [3.63, 3.8) is 0 Å². The summed E-state index contributed by atoms with van der Waals surface area (Å²) in [6, 6.07) is 22.3. The molecule has 1 unspecified atom stereocenters. The van der Waals surface area contributed by atoms with E-state index in [1.54, 1.807) is 7.11 Å². The van der Waals surface area contributed by atoms with Crippen molar-refractivity contribution >= 4 is 0 Å². The summed E-state index contributed by atoms with van der Waals surface area (Å²) in [5.41, 5.74) is 2.23. The van der Waals surface area contributed by atoms with E-state index in [9.17, 15) is 0 Å². The van der Waals surface area contributed by atoms with Crippen LogP contribution in [0.15, 0.2) is 54.6 Å². The van der Waals surface area contributed by atoms with Crippen molar-refractivity contribution in [3.05, 3.63) is 65.7 Å². The Balaban J connectivity index is 2.44. The van der Waals surface area contributed by atoms with Crippen molar-refractivity contribution in [2.24, 2.45) is 5.92 Å². The molecule has 2 rings (SSSR count). The van der Waals surface area contributed by atoms with Gasteiger partial charge >= 0.3 is 0 Å². The summed E-state index contributed by atoms with van der Waals surface area (Å²) in [4.78, 5) is 0. The van der Waals surface area contributed by atoms with Gasteiger partial charge in [-0.2, -0.15) is 10.5 Å². The van der Waals surface area contributed by atoms with Crippen LogP contribution in [0.2, 0.25) is 0 Å². The van der Waals surface area contributed by atoms with Crippen molar-refractivity contribution in [2.45, 2.75) is 18.8 Å². The van der Waals surface area contributed by atoms with Crippen molar-refractivity contribution in [2.75, 3.05) is 7.11 Å². The van der Waals surface area contributed by atoms with Gasteiger partial charge in [0.25, 0.3) is 0 Å². The van der Waals surface area contributed by atoms with Gasteiger partial charge in [-0.05, 0) is 29.2 Å². The lowest BCUT2D eigenvalue weighted by Gasteiger charge is -2.25. The standard InChI is InChI=1S/C19H18N2O/c1-22-18-9-7-16(8-10-18)19(15-5-3-2-4-6-15)17(11-13-20)12-14-21/h2-10,17,19H,11-12H2,1H3. The molecule has 2 aromatic carbocycles. The van der Waals surface area contributed by atoms with Crippen LogP contribution in [0.3, 0.4) is 0 Å². The third kappa shape index (κ3) is 3.65. The lowest BCUT2D eigenvalue weighted by Crippen LogP contribution is -2.14. The van der Waals surface area contributed by atoms with Crippen LogP contribution in [-0.2, 0) is 0 Å². The Hall–Kier alpha value is -2.78. The van der Waals surface area contributed by atoms with Crippen LogP contribution in [0.5, 0.6) is 5.75 Å². The normalized spacial score (nSPS) is 11.5. The summed E-state index contributed by atoms with van der Waals surface area (Å²) in [5, 5.41) is 18.2. The number of rotatable bonds is 6. The van der Waals surface area contributed by atoms with Gasteiger partial charge in [0.05, 0.1) is 19.2 Å². The average molecular weight is 290 g/mol. The van der Waals surface area contributed by atoms with E-state index in [1.165, 1.54) is 0 Å². The largest absolute Gasteiger partial charge is 0.497 e. The van der Waals surface area contributed by atoms with Crippen molar-refractivity contribution in [3.8, 4) is 17.9 Å². The minimum absolute atomic E-state index is 0.0224. The molecule has 3 nitrogen and oxygen atoms in total. The van der Waals surface area contributed by atoms with Gasteiger partial charge < -0.3 is 4.74 Å². The number of methoxy groups -OCH3 is 1. The van der Waals surface area contributed by atoms with Crippen molar-refractivity contribution < 1.29 is 4.74 Å². The third-order valence-electron chi connectivity index (χ3n) is 3.81. The maximum atomic E-state index is 9.11. The average Bonchev–Trinajstić information content (AvgIpc) is 2.57. The first-order chi connectivity index (χ1) is 10.8. The maximum absolute atomic E-state index is 9.11. The predicted molar refractivity (Wildman–Crippen MR) is 85.2 cm³/mol. The molecule has 0 saturated heterocycles. The molecule has 0 heterocycles. The van der Waals surface area contributed by atoms with Crippen LogP contribution in [0.1, 0.15) is 29.9 Å². The highest BCUT2D eigenvalue weighted by Crippen LogP contribution is 2.36. The Morgan fingerprint density at radius 2 is 1.41 bits per heavy atom. The molecule has 2 aromatic rings. The second-order valence-corrected chi connectivity index (χ2v) is 5.15. The van der Waals surface area contributed by atoms with Crippen LogP contribution < -0.4 is 4.74 Å². The van der Waals surface area contributed by atoms with Gasteiger partial charge in [-0.15, -0.1) is 0 Å². The number of hydrogen-bond acceptors (Lipinski definition) is 3. The molecule has 0 N–H and O–H groups in total. The highest BCUT2D eigenvalue weighted by atomic mass is 16.5. The number of hydrogen-bond donors (Lipinski definition) is 0. The zero-order valence-corrected chi connectivity index (χ0v) is 12.6. The second kappa shape index (κ2) is 7.86. The fourth-order valence-corrected chi connectivity index (χ4v) is 2.75. The van der Waals surface area contributed by atoms with Gasteiger partial charge in [0.1, 0.15) is 5.75 Å². The minimum Gasteiger partial charge on any atom is -0.497 e. The molecule has 1 atom stereocenters. The van der Waals surface area contributed by atoms with E-state index in [1.807, 2.05) is 42.5 Å². The number of ether oxygens (including phenoxy) is 1. The Kier molecular flexibility index (Phi) is 5.57. The van der Waals surface area contributed by atoms with E-state index >= 15 is 0 Å². The number of nitrogens with zero attached hydrogens (tertiary/aromatic N) is 2. The van der Waals surface area contributed by atoms with E-state index < -0.39 is 0 Å². The molecular formula is C19H18N2O. The summed E-state index contributed by atoms with van der Waals surface area (Å²) in [7, 11) is 1.64. The quantitative estimate of drug-likeness (QED) is 0.798. The first kappa shape index (κ1) is 15.6. The Labute approximate surface area is 131 Å². The van der Waals surface area contributed by atoms with Gasteiger partial charge in [0, 0.05) is 18.8 Å². The molecule has 0 bridgehead atoms. The number of benzene rings is 2. The molecule has 0 amide bonds. The van der Waals surface area contributed by atoms with E-state index in [4.69, 9.17) is 15.3 Å². The summed E-state index contributed by atoms with van der Waals surface area (Å²) >= 11 is 0. The van der Waals surface area contributed by atoms with E-state index in [0.29, 0.717) is 12.8 Å². The molecule has 0 aliphatic heterocycles. The van der Waals surface area contributed by atoms with Crippen molar-refractivity contribution in [1.29, 1.82) is 10.5 Å². The van der Waals surface area contributed by atoms with Crippen molar-refractivity contribution in [1.82, 2.24) is 0 Å². The first-order valence-corrected chi connectivity index (χ1v) is 7.23. The molecule has 0 spiro atoms. The molecule has 0 radical (unpaired) electrons. The topological polar surface area (TPSA) is 56.8 Å². The monoisotopic (exact) mass is 290 g/mol. The van der Waals surface area contributed by atoms with E-state index in [-0.39, 0.29) is 11.8 Å². The lowest BCUT2D eigenvalue weighted by atomic mass is 9.78. The first-order valence-electron chi connectivity index (χ1n) is 7.23. The molecule has 0 aromatic heterocycles. The van der Waals surface area contributed by atoms with Gasteiger partial charge in [0.15, 0.2) is 0 Å².